The highest BCUT2D eigenvalue weighted by molar-refractivity contribution is 6.30. The molecule has 5 rings (SSSR count). The molecule has 6 nitrogen and oxygen atoms in total. The van der Waals surface area contributed by atoms with Gasteiger partial charge in [-0.05, 0) is 47.6 Å². The van der Waals surface area contributed by atoms with Crippen molar-refractivity contribution in [1.82, 2.24) is 15.1 Å². The molecule has 0 aliphatic carbocycles. The molecule has 1 N–H and O–H groups in total. The maximum Gasteiger partial charge on any atom is 0.266 e. The highest BCUT2D eigenvalue weighted by Gasteiger charge is 2.22. The number of piperazine rings is 1. The molecule has 1 fully saturated rings. The van der Waals surface area contributed by atoms with Crippen LogP contribution >= 0.6 is 11.6 Å². The molecule has 1 aliphatic rings. The van der Waals surface area contributed by atoms with Crippen molar-refractivity contribution in [3.05, 3.63) is 59.8 Å². The molecule has 3 heterocycles. The number of hydrogen-bond acceptors (Lipinski definition) is 5. The summed E-state index contributed by atoms with van der Waals surface area (Å²) < 4.78 is 5.51. The van der Waals surface area contributed by atoms with Crippen LogP contribution in [0.15, 0.2) is 59.3 Å². The first-order chi connectivity index (χ1) is 13.3. The summed E-state index contributed by atoms with van der Waals surface area (Å²) in [5.74, 6) is 1.19. The van der Waals surface area contributed by atoms with Crippen molar-refractivity contribution in [2.75, 3.05) is 36.0 Å². The van der Waals surface area contributed by atoms with Gasteiger partial charge in [-0.15, -0.1) is 0 Å². The van der Waals surface area contributed by atoms with E-state index in [1.165, 1.54) is 0 Å². The second-order valence-corrected chi connectivity index (χ2v) is 7.07. The number of anilines is 2. The van der Waals surface area contributed by atoms with Gasteiger partial charge in [0.25, 0.3) is 11.8 Å². The summed E-state index contributed by atoms with van der Waals surface area (Å²) in [6, 6.07) is 16.1. The zero-order chi connectivity index (χ0) is 18.2. The highest BCUT2D eigenvalue weighted by atomic mass is 35.5. The minimum atomic E-state index is 0.547. The smallest absolute Gasteiger partial charge is 0.266 e. The fraction of sp³-hybridized carbons (Fsp3) is 0.200. The van der Waals surface area contributed by atoms with Crippen LogP contribution in [0.3, 0.4) is 0 Å². The molecule has 1 aliphatic heterocycles. The molecule has 7 heteroatoms. The van der Waals surface area contributed by atoms with Gasteiger partial charge in [0.2, 0.25) is 0 Å². The number of rotatable bonds is 3. The number of aromatic nitrogens is 3. The molecule has 0 saturated carbocycles. The van der Waals surface area contributed by atoms with Gasteiger partial charge in [0.1, 0.15) is 0 Å². The van der Waals surface area contributed by atoms with E-state index >= 15 is 0 Å². The Kier molecular flexibility index (Phi) is 3.98. The normalized spacial score (nSPS) is 14.9. The van der Waals surface area contributed by atoms with Crippen LogP contribution in [0.5, 0.6) is 0 Å². The molecule has 136 valence electrons. The number of aromatic amines is 1. The van der Waals surface area contributed by atoms with Crippen molar-refractivity contribution in [2.45, 2.75) is 0 Å². The van der Waals surface area contributed by atoms with Gasteiger partial charge < -0.3 is 19.3 Å². The van der Waals surface area contributed by atoms with Crippen LogP contribution in [0.25, 0.3) is 22.4 Å². The van der Waals surface area contributed by atoms with Gasteiger partial charge in [-0.1, -0.05) is 17.7 Å². The summed E-state index contributed by atoms with van der Waals surface area (Å²) in [6.07, 6.45) is 1.92. The predicted octanol–water partition coefficient (Wildman–Crippen LogP) is 4.20. The van der Waals surface area contributed by atoms with Crippen LogP contribution in [0.4, 0.5) is 11.6 Å². The maximum atomic E-state index is 6.11. The van der Waals surface area contributed by atoms with Crippen LogP contribution in [-0.4, -0.2) is 41.3 Å². The lowest BCUT2D eigenvalue weighted by atomic mass is 10.1. The van der Waals surface area contributed by atoms with E-state index in [2.05, 4.69) is 37.1 Å². The minimum Gasteiger partial charge on any atom is -0.368 e. The molecule has 2 aromatic carbocycles. The second kappa shape index (κ2) is 6.63. The summed E-state index contributed by atoms with van der Waals surface area (Å²) in [4.78, 5) is 12.3. The number of halogens is 1. The third kappa shape index (κ3) is 3.13. The Morgan fingerprint density at radius 2 is 1.81 bits per heavy atom. The first kappa shape index (κ1) is 16.2. The molecule has 0 bridgehead atoms. The lowest BCUT2D eigenvalue weighted by Gasteiger charge is -2.35. The largest absolute Gasteiger partial charge is 0.368 e. The third-order valence-corrected chi connectivity index (χ3v) is 5.19. The van der Waals surface area contributed by atoms with Crippen LogP contribution in [0.1, 0.15) is 0 Å². The van der Waals surface area contributed by atoms with E-state index in [1.54, 1.807) is 0 Å². The summed E-state index contributed by atoms with van der Waals surface area (Å²) in [6.45, 7) is 3.45. The average molecular weight is 380 g/mol. The summed E-state index contributed by atoms with van der Waals surface area (Å²) in [5, 5.41) is 6.08. The second-order valence-electron chi connectivity index (χ2n) is 6.63. The van der Waals surface area contributed by atoms with Crippen molar-refractivity contribution in [3.63, 3.8) is 0 Å². The van der Waals surface area contributed by atoms with Gasteiger partial charge in [0.05, 0.1) is 0 Å². The lowest BCUT2D eigenvalue weighted by Crippen LogP contribution is -2.46. The number of nitrogens with zero attached hydrogens (tertiary/aromatic N) is 4. The van der Waals surface area contributed by atoms with E-state index in [9.17, 15) is 0 Å². The van der Waals surface area contributed by atoms with Gasteiger partial charge in [-0.2, -0.15) is 4.98 Å². The van der Waals surface area contributed by atoms with Gasteiger partial charge in [-0.3, -0.25) is 0 Å². The Labute approximate surface area is 161 Å². The Morgan fingerprint density at radius 1 is 0.963 bits per heavy atom. The zero-order valence-corrected chi connectivity index (χ0v) is 15.4. The maximum absolute atomic E-state index is 6.11. The van der Waals surface area contributed by atoms with E-state index < -0.39 is 0 Å². The van der Waals surface area contributed by atoms with Gasteiger partial charge in [0.15, 0.2) is 0 Å². The van der Waals surface area contributed by atoms with Crippen molar-refractivity contribution >= 4 is 34.1 Å². The standard InChI is InChI=1S/C20H18ClN5O/c21-16-2-1-3-17(13-16)25-8-10-26(11-9-25)20-23-19(27-24-20)15-4-5-18-14(12-15)6-7-22-18/h1-7,12-13,22H,8-11H2. The molecule has 0 atom stereocenters. The number of fused-ring (bicyclic) bond motifs is 1. The quantitative estimate of drug-likeness (QED) is 0.578. The summed E-state index contributed by atoms with van der Waals surface area (Å²) in [5.41, 5.74) is 3.17. The molecule has 27 heavy (non-hydrogen) atoms. The first-order valence-corrected chi connectivity index (χ1v) is 9.31. The fourth-order valence-corrected chi connectivity index (χ4v) is 3.67. The van der Waals surface area contributed by atoms with E-state index in [0.29, 0.717) is 11.8 Å². The van der Waals surface area contributed by atoms with E-state index in [-0.39, 0.29) is 0 Å². The monoisotopic (exact) mass is 379 g/mol. The van der Waals surface area contributed by atoms with Gasteiger partial charge in [0, 0.05) is 59.6 Å². The van der Waals surface area contributed by atoms with Crippen LogP contribution in [0.2, 0.25) is 5.02 Å². The number of hydrogen-bond donors (Lipinski definition) is 1. The SMILES string of the molecule is Clc1cccc(N2CCN(c3noc(-c4ccc5[nH]ccc5c4)n3)CC2)c1. The molecular weight excluding hydrogens is 362 g/mol. The molecule has 0 unspecified atom stereocenters. The molecule has 4 aromatic rings. The third-order valence-electron chi connectivity index (χ3n) is 4.95. The zero-order valence-electron chi connectivity index (χ0n) is 14.6. The topological polar surface area (TPSA) is 61.2 Å². The van der Waals surface area contributed by atoms with Crippen molar-refractivity contribution in [2.24, 2.45) is 0 Å². The van der Waals surface area contributed by atoms with E-state index in [1.807, 2.05) is 42.6 Å². The highest BCUT2D eigenvalue weighted by Crippen LogP contribution is 2.26. The minimum absolute atomic E-state index is 0.547. The Morgan fingerprint density at radius 3 is 2.67 bits per heavy atom. The average Bonchev–Trinajstić information content (AvgIpc) is 3.37. The summed E-state index contributed by atoms with van der Waals surface area (Å²) in [7, 11) is 0. The van der Waals surface area contributed by atoms with Crippen LogP contribution in [0, 0.1) is 0 Å². The van der Waals surface area contributed by atoms with Gasteiger partial charge in [-0.25, -0.2) is 0 Å². The van der Waals surface area contributed by atoms with E-state index in [4.69, 9.17) is 16.1 Å². The molecule has 2 aromatic heterocycles. The Balaban J connectivity index is 1.30. The van der Waals surface area contributed by atoms with Crippen molar-refractivity contribution in [1.29, 1.82) is 0 Å². The molecule has 1 saturated heterocycles. The number of H-pyrrole nitrogens is 1. The van der Waals surface area contributed by atoms with Crippen LogP contribution < -0.4 is 9.80 Å². The predicted molar refractivity (Wildman–Crippen MR) is 107 cm³/mol. The van der Waals surface area contributed by atoms with Crippen LogP contribution in [-0.2, 0) is 0 Å². The number of benzene rings is 2. The fourth-order valence-electron chi connectivity index (χ4n) is 3.49. The van der Waals surface area contributed by atoms with Crippen molar-refractivity contribution in [3.8, 4) is 11.5 Å². The Bertz CT molecular complexity index is 1080. The molecule has 0 amide bonds. The lowest BCUT2D eigenvalue weighted by molar-refractivity contribution is 0.428. The Hall–Kier alpha value is -2.99. The van der Waals surface area contributed by atoms with Gasteiger partial charge >= 0.3 is 0 Å². The first-order valence-electron chi connectivity index (χ1n) is 8.93. The molecular formula is C20H18ClN5O. The van der Waals surface area contributed by atoms with Crippen molar-refractivity contribution < 1.29 is 4.52 Å². The van der Waals surface area contributed by atoms with E-state index in [0.717, 1.165) is 53.4 Å². The number of nitrogens with one attached hydrogen (secondary N) is 1. The molecule has 0 radical (unpaired) electrons. The summed E-state index contributed by atoms with van der Waals surface area (Å²) >= 11 is 6.11. The molecule has 0 spiro atoms.